The minimum atomic E-state index is -0.792. The average molecular weight is 543 g/mol. The van der Waals surface area contributed by atoms with E-state index in [1.54, 1.807) is 0 Å². The molecule has 0 radical (unpaired) electrons. The molecule has 0 aromatic heterocycles. The van der Waals surface area contributed by atoms with Crippen LogP contribution in [0.1, 0.15) is 46.9 Å². The smallest absolute Gasteiger partial charge is 0.218 e. The summed E-state index contributed by atoms with van der Waals surface area (Å²) < 4.78 is 35.9. The van der Waals surface area contributed by atoms with Gasteiger partial charge in [-0.15, -0.1) is 0 Å². The Bertz CT molecular complexity index is 1290. The molecular weight excluding hydrogens is 512 g/mol. The third kappa shape index (κ3) is 4.92. The zero-order chi connectivity index (χ0) is 27.1. The molecule has 4 bridgehead atoms. The second-order valence-electron chi connectivity index (χ2n) is 10.7. The molecule has 3 aromatic carbocycles. The Hall–Kier alpha value is -3.56. The Balaban J connectivity index is 1.30. The van der Waals surface area contributed by atoms with Gasteiger partial charge < -0.3 is 28.4 Å². The number of ether oxygens (including phenoxy) is 6. The lowest BCUT2D eigenvalue weighted by molar-refractivity contribution is -0.154. The number of ketones is 2. The lowest BCUT2D eigenvalue weighted by atomic mass is 9.81. The van der Waals surface area contributed by atoms with Crippen molar-refractivity contribution in [3.05, 3.63) is 95.1 Å². The Morgan fingerprint density at radius 2 is 1.07 bits per heavy atom. The van der Waals surface area contributed by atoms with E-state index in [-0.39, 0.29) is 48.5 Å². The molecule has 0 spiro atoms. The van der Waals surface area contributed by atoms with Gasteiger partial charge in [-0.1, -0.05) is 60.7 Å². The van der Waals surface area contributed by atoms with Gasteiger partial charge in [0.1, 0.15) is 24.7 Å². The van der Waals surface area contributed by atoms with Crippen molar-refractivity contribution < 1.29 is 38.0 Å². The van der Waals surface area contributed by atoms with Gasteiger partial charge in [0.15, 0.2) is 11.6 Å². The van der Waals surface area contributed by atoms with Crippen molar-refractivity contribution in [2.45, 2.75) is 62.7 Å². The molecule has 4 aliphatic heterocycles. The van der Waals surface area contributed by atoms with Gasteiger partial charge in [-0.25, -0.2) is 0 Å². The predicted octanol–water partition coefficient (Wildman–Crippen LogP) is 4.44. The number of fused-ring (bicyclic) bond motifs is 4. The summed E-state index contributed by atoms with van der Waals surface area (Å²) >= 11 is 0. The van der Waals surface area contributed by atoms with Crippen LogP contribution in [-0.2, 0) is 41.8 Å². The van der Waals surface area contributed by atoms with Gasteiger partial charge in [0, 0.05) is 41.9 Å². The van der Waals surface area contributed by atoms with E-state index in [0.717, 1.165) is 22.3 Å². The maximum atomic E-state index is 12.8. The highest BCUT2D eigenvalue weighted by molar-refractivity contribution is 5.85. The summed E-state index contributed by atoms with van der Waals surface area (Å²) in [7, 11) is 0. The molecule has 4 heterocycles. The van der Waals surface area contributed by atoms with E-state index in [1.165, 1.54) is 0 Å². The van der Waals surface area contributed by atoms with Crippen molar-refractivity contribution >= 4 is 11.6 Å². The molecule has 8 heteroatoms. The number of carbonyl (C=O) groups excluding carboxylic acids is 2. The van der Waals surface area contributed by atoms with Gasteiger partial charge in [0.25, 0.3) is 0 Å². The van der Waals surface area contributed by atoms with E-state index in [2.05, 4.69) is 0 Å². The molecule has 8 nitrogen and oxygen atoms in total. The largest absolute Gasteiger partial charge is 0.488 e. The first kappa shape index (κ1) is 25.4. The summed E-state index contributed by atoms with van der Waals surface area (Å²) in [4.78, 5) is 25.6. The summed E-state index contributed by atoms with van der Waals surface area (Å²) in [6.07, 6.45) is -1.55. The summed E-state index contributed by atoms with van der Waals surface area (Å²) in [5.74, 6) is 0.555. The van der Waals surface area contributed by atoms with Crippen LogP contribution in [0.2, 0.25) is 0 Å². The fourth-order valence-corrected chi connectivity index (χ4v) is 6.00. The number of rotatable bonds is 8. The highest BCUT2D eigenvalue weighted by atomic mass is 16.7. The third-order valence-electron chi connectivity index (χ3n) is 8.10. The second-order valence-corrected chi connectivity index (χ2v) is 10.7. The summed E-state index contributed by atoms with van der Waals surface area (Å²) in [6, 6.07) is 23.8. The normalized spacial score (nSPS) is 29.0. The molecule has 6 atom stereocenters. The number of benzene rings is 3. The van der Waals surface area contributed by atoms with Crippen molar-refractivity contribution in [1.29, 1.82) is 0 Å². The average Bonchev–Trinajstić information content (AvgIpc) is 3.62. The first-order chi connectivity index (χ1) is 19.6. The van der Waals surface area contributed by atoms with Crippen molar-refractivity contribution in [1.82, 2.24) is 0 Å². The highest BCUT2D eigenvalue weighted by Crippen LogP contribution is 2.47. The summed E-state index contributed by atoms with van der Waals surface area (Å²) in [5.41, 5.74) is 3.72. The fourth-order valence-electron chi connectivity index (χ4n) is 6.00. The van der Waals surface area contributed by atoms with Crippen molar-refractivity contribution in [2.75, 3.05) is 13.2 Å². The molecule has 4 fully saturated rings. The Kier molecular flexibility index (Phi) is 6.85. The summed E-state index contributed by atoms with van der Waals surface area (Å²) in [5, 5.41) is 0. The van der Waals surface area contributed by atoms with Crippen LogP contribution in [0.15, 0.2) is 72.8 Å². The van der Waals surface area contributed by atoms with Crippen LogP contribution in [0.5, 0.6) is 11.5 Å². The Morgan fingerprint density at radius 1 is 0.625 bits per heavy atom. The van der Waals surface area contributed by atoms with Crippen LogP contribution in [0.3, 0.4) is 0 Å². The standard InChI is InChI=1S/C32H30O8/c33-25-12-23(29-17-37-31(25)39-29)21-11-22(24-13-26(34)32-38-18-30(24)40-32)28(36-16-20-9-5-2-6-10-20)14-27(21)35-15-19-7-3-1-4-8-19/h1-11,14,23-24,29-32H,12-13,15-18H2/t23-,24-,29-,30-,31-,32-/m1/s1. The number of carbonyl (C=O) groups is 2. The third-order valence-corrected chi connectivity index (χ3v) is 8.10. The maximum Gasteiger partial charge on any atom is 0.218 e. The van der Waals surface area contributed by atoms with Gasteiger partial charge in [-0.2, -0.15) is 0 Å². The van der Waals surface area contributed by atoms with Gasteiger partial charge in [0.2, 0.25) is 12.6 Å². The monoisotopic (exact) mass is 542 g/mol. The van der Waals surface area contributed by atoms with Gasteiger partial charge >= 0.3 is 0 Å². The zero-order valence-electron chi connectivity index (χ0n) is 21.9. The second kappa shape index (κ2) is 10.8. The lowest BCUT2D eigenvalue weighted by Crippen LogP contribution is -2.35. The molecule has 7 rings (SSSR count). The highest BCUT2D eigenvalue weighted by Gasteiger charge is 2.47. The van der Waals surface area contributed by atoms with Gasteiger partial charge in [0.05, 0.1) is 25.4 Å². The molecule has 206 valence electrons. The zero-order valence-corrected chi connectivity index (χ0v) is 21.9. The number of hydrogen-bond acceptors (Lipinski definition) is 8. The Morgan fingerprint density at radius 3 is 1.52 bits per heavy atom. The first-order valence-corrected chi connectivity index (χ1v) is 13.7. The van der Waals surface area contributed by atoms with Crippen molar-refractivity contribution in [2.24, 2.45) is 0 Å². The molecule has 0 aliphatic carbocycles. The molecule has 0 saturated carbocycles. The van der Waals surface area contributed by atoms with E-state index in [1.807, 2.05) is 72.8 Å². The minimum Gasteiger partial charge on any atom is -0.488 e. The van der Waals surface area contributed by atoms with E-state index in [9.17, 15) is 9.59 Å². The van der Waals surface area contributed by atoms with E-state index in [4.69, 9.17) is 28.4 Å². The molecule has 4 saturated heterocycles. The lowest BCUT2D eigenvalue weighted by Gasteiger charge is -2.32. The van der Waals surface area contributed by atoms with Gasteiger partial charge in [-0.3, -0.25) is 9.59 Å². The summed E-state index contributed by atoms with van der Waals surface area (Å²) in [6.45, 7) is 1.37. The SMILES string of the molecule is O=C1C[C@H](c2cc([C@H]3CC(=O)[C@@H]4OC[C@H]3O4)c(OCc3ccccc3)cc2OCc2ccccc2)[C@H]2CO[C@@H]1O2. The molecule has 3 aromatic rings. The quantitative estimate of drug-likeness (QED) is 0.413. The first-order valence-electron chi connectivity index (χ1n) is 13.7. The van der Waals surface area contributed by atoms with E-state index < -0.39 is 12.6 Å². The van der Waals surface area contributed by atoms with E-state index in [0.29, 0.717) is 37.9 Å². The predicted molar refractivity (Wildman–Crippen MR) is 142 cm³/mol. The van der Waals surface area contributed by atoms with Crippen LogP contribution < -0.4 is 9.47 Å². The van der Waals surface area contributed by atoms with Crippen LogP contribution >= 0.6 is 0 Å². The fraction of sp³-hybridized carbons (Fsp3) is 0.375. The Labute approximate surface area is 232 Å². The molecular formula is C32H30O8. The van der Waals surface area contributed by atoms with Crippen LogP contribution in [0.4, 0.5) is 0 Å². The van der Waals surface area contributed by atoms with Crippen LogP contribution in [0, 0.1) is 0 Å². The van der Waals surface area contributed by atoms with Crippen molar-refractivity contribution in [3.63, 3.8) is 0 Å². The van der Waals surface area contributed by atoms with Crippen LogP contribution in [0.25, 0.3) is 0 Å². The maximum absolute atomic E-state index is 12.8. The number of hydrogen-bond donors (Lipinski definition) is 0. The molecule has 4 aliphatic rings. The molecule has 0 unspecified atom stereocenters. The topological polar surface area (TPSA) is 89.5 Å². The van der Waals surface area contributed by atoms with E-state index >= 15 is 0 Å². The van der Waals surface area contributed by atoms with Crippen LogP contribution in [-0.4, -0.2) is 49.6 Å². The minimum absolute atomic E-state index is 0.0816. The number of Topliss-reactive ketones (excluding diaryl/α,β-unsaturated/α-hetero) is 2. The van der Waals surface area contributed by atoms with Gasteiger partial charge in [-0.05, 0) is 17.2 Å². The molecule has 0 N–H and O–H groups in total. The molecule has 0 amide bonds. The van der Waals surface area contributed by atoms with Crippen molar-refractivity contribution in [3.8, 4) is 11.5 Å². The molecule has 40 heavy (non-hydrogen) atoms.